The fourth-order valence-corrected chi connectivity index (χ4v) is 3.83. The van der Waals surface area contributed by atoms with Crippen molar-refractivity contribution in [2.24, 2.45) is 0 Å². The maximum Gasteiger partial charge on any atom is 0.165 e. The summed E-state index contributed by atoms with van der Waals surface area (Å²) in [5, 5.41) is 0.321. The Kier molecular flexibility index (Phi) is 3.57. The third kappa shape index (κ3) is 2.61. The van der Waals surface area contributed by atoms with Gasteiger partial charge in [-0.25, -0.2) is 15.0 Å². The highest BCUT2D eigenvalue weighted by Crippen LogP contribution is 2.37. The van der Waals surface area contributed by atoms with Crippen LogP contribution in [-0.2, 0) is 6.54 Å². The van der Waals surface area contributed by atoms with Crippen LogP contribution in [0.15, 0.2) is 41.8 Å². The monoisotopic (exact) mass is 327 g/mol. The summed E-state index contributed by atoms with van der Waals surface area (Å²) < 4.78 is 7.92. The van der Waals surface area contributed by atoms with Crippen molar-refractivity contribution in [2.75, 3.05) is 25.6 Å². The van der Waals surface area contributed by atoms with E-state index in [9.17, 15) is 0 Å². The lowest BCUT2D eigenvalue weighted by molar-refractivity contribution is 0.293. The van der Waals surface area contributed by atoms with Crippen molar-refractivity contribution in [2.45, 2.75) is 16.7 Å². The number of rotatable bonds is 3. The van der Waals surface area contributed by atoms with Gasteiger partial charge in [-0.2, -0.15) is 0 Å². The van der Waals surface area contributed by atoms with Crippen LogP contribution in [0, 0.1) is 0 Å². The number of anilines is 1. The lowest BCUT2D eigenvalue weighted by atomic mass is 10.3. The standard InChI is InChI=1S/C16H17N5OS/c1-20(2)15-14-16(18-9-17-14)21(10-19-15)7-11-8-22-12-5-3-4-6-13(12)23-11/h3-6,9-11H,7-8H2,1-2H3/t11-/m1/s1. The van der Waals surface area contributed by atoms with Crippen molar-refractivity contribution in [3.8, 4) is 17.3 Å². The van der Waals surface area contributed by atoms with Gasteiger partial charge in [-0.15, -0.1) is 11.8 Å². The van der Waals surface area contributed by atoms with Crippen molar-refractivity contribution in [1.82, 2.24) is 19.5 Å². The topological polar surface area (TPSA) is 56.1 Å². The molecule has 3 heterocycles. The Bertz CT molecular complexity index is 803. The zero-order valence-corrected chi connectivity index (χ0v) is 13.8. The molecule has 3 aliphatic heterocycles. The molecule has 0 spiro atoms. The molecular formula is C16H17N5OS. The Hall–Kier alpha value is -2.28. The Morgan fingerprint density at radius 1 is 1.26 bits per heavy atom. The first-order valence-electron chi connectivity index (χ1n) is 7.44. The molecule has 4 rings (SSSR count). The number of hydrogen-bond acceptors (Lipinski definition) is 6. The van der Waals surface area contributed by atoms with Crippen LogP contribution in [0.4, 0.5) is 5.82 Å². The zero-order chi connectivity index (χ0) is 15.8. The van der Waals surface area contributed by atoms with Gasteiger partial charge < -0.3 is 14.2 Å². The normalized spacial score (nSPS) is 16.9. The van der Waals surface area contributed by atoms with E-state index in [2.05, 4.69) is 25.6 Å². The van der Waals surface area contributed by atoms with Crippen molar-refractivity contribution in [3.63, 3.8) is 0 Å². The second kappa shape index (κ2) is 5.73. The van der Waals surface area contributed by atoms with Gasteiger partial charge >= 0.3 is 0 Å². The minimum absolute atomic E-state index is 0.321. The number of para-hydroxylation sites is 1. The minimum Gasteiger partial charge on any atom is -0.491 e. The van der Waals surface area contributed by atoms with Gasteiger partial charge in [0, 0.05) is 25.5 Å². The van der Waals surface area contributed by atoms with Crippen LogP contribution < -0.4 is 9.64 Å². The molecule has 1 aromatic rings. The van der Waals surface area contributed by atoms with Crippen LogP contribution in [0.2, 0.25) is 0 Å². The molecule has 0 aromatic heterocycles. The van der Waals surface area contributed by atoms with Crippen molar-refractivity contribution < 1.29 is 4.74 Å². The third-order valence-electron chi connectivity index (χ3n) is 3.77. The van der Waals surface area contributed by atoms with E-state index in [-0.39, 0.29) is 0 Å². The number of ether oxygens (including phenoxy) is 1. The van der Waals surface area contributed by atoms with Gasteiger partial charge in [0.15, 0.2) is 17.3 Å². The van der Waals surface area contributed by atoms with E-state index in [0.29, 0.717) is 11.9 Å². The smallest absolute Gasteiger partial charge is 0.165 e. The molecule has 7 heteroatoms. The van der Waals surface area contributed by atoms with Gasteiger partial charge in [0.2, 0.25) is 0 Å². The highest BCUT2D eigenvalue weighted by atomic mass is 32.2. The van der Waals surface area contributed by atoms with E-state index in [1.807, 2.05) is 55.3 Å². The molecule has 1 atom stereocenters. The van der Waals surface area contributed by atoms with Crippen LogP contribution in [0.1, 0.15) is 0 Å². The molecule has 23 heavy (non-hydrogen) atoms. The molecule has 1 aromatic carbocycles. The molecule has 118 valence electrons. The van der Waals surface area contributed by atoms with Crippen LogP contribution in [0.25, 0.3) is 11.5 Å². The van der Waals surface area contributed by atoms with Crippen LogP contribution >= 0.6 is 11.8 Å². The number of imidazole rings is 1. The maximum atomic E-state index is 5.86. The number of aromatic nitrogens is 4. The average Bonchev–Trinajstić information content (AvgIpc) is 3.04. The lowest BCUT2D eigenvalue weighted by Crippen LogP contribution is -2.26. The molecule has 0 saturated heterocycles. The van der Waals surface area contributed by atoms with Crippen molar-refractivity contribution in [3.05, 3.63) is 36.9 Å². The summed E-state index contributed by atoms with van der Waals surface area (Å²) in [5.41, 5.74) is 0.833. The molecule has 0 fully saturated rings. The van der Waals surface area contributed by atoms with E-state index in [1.54, 1.807) is 6.33 Å². The van der Waals surface area contributed by atoms with Crippen molar-refractivity contribution in [1.29, 1.82) is 0 Å². The van der Waals surface area contributed by atoms with Crippen LogP contribution in [0.5, 0.6) is 5.75 Å². The molecule has 0 saturated carbocycles. The van der Waals surface area contributed by atoms with Crippen LogP contribution in [0.3, 0.4) is 0 Å². The Morgan fingerprint density at radius 3 is 3.00 bits per heavy atom. The van der Waals surface area contributed by atoms with E-state index < -0.39 is 0 Å². The second-order valence-electron chi connectivity index (χ2n) is 5.66. The Labute approximate surface area is 138 Å². The van der Waals surface area contributed by atoms with Gasteiger partial charge in [0.25, 0.3) is 0 Å². The number of nitrogens with zero attached hydrogens (tertiary/aromatic N) is 5. The highest BCUT2D eigenvalue weighted by Gasteiger charge is 2.24. The van der Waals surface area contributed by atoms with Gasteiger partial charge in [-0.3, -0.25) is 0 Å². The molecule has 0 radical (unpaired) electrons. The number of thioether (sulfide) groups is 1. The van der Waals surface area contributed by atoms with Crippen LogP contribution in [-0.4, -0.2) is 45.5 Å². The predicted octanol–water partition coefficient (Wildman–Crippen LogP) is 2.40. The first kappa shape index (κ1) is 14.3. The van der Waals surface area contributed by atoms with E-state index in [1.165, 1.54) is 4.90 Å². The largest absolute Gasteiger partial charge is 0.491 e. The summed E-state index contributed by atoms with van der Waals surface area (Å²) in [6, 6.07) is 8.16. The summed E-state index contributed by atoms with van der Waals surface area (Å²) in [7, 11) is 3.92. The lowest BCUT2D eigenvalue weighted by Gasteiger charge is -2.26. The van der Waals surface area contributed by atoms with Crippen molar-refractivity contribution >= 4 is 17.6 Å². The summed E-state index contributed by atoms with van der Waals surface area (Å²) in [6.45, 7) is 1.47. The number of hydrogen-bond donors (Lipinski definition) is 0. The summed E-state index contributed by atoms with van der Waals surface area (Å²) in [5.74, 6) is 2.67. The predicted molar refractivity (Wildman–Crippen MR) is 90.3 cm³/mol. The SMILES string of the molecule is CN(C)c1ncn(C[C@@H]2COc3ccccc3S2)c2ncnc1-2. The molecule has 6 nitrogen and oxygen atoms in total. The first-order chi connectivity index (χ1) is 11.2. The summed E-state index contributed by atoms with van der Waals surface area (Å²) >= 11 is 1.84. The molecule has 0 unspecified atom stereocenters. The molecule has 0 bridgehead atoms. The molecule has 0 N–H and O–H groups in total. The molecule has 0 aliphatic carbocycles. The number of benzene rings is 1. The van der Waals surface area contributed by atoms with E-state index in [0.717, 1.165) is 29.6 Å². The highest BCUT2D eigenvalue weighted by molar-refractivity contribution is 8.00. The minimum atomic E-state index is 0.321. The quantitative estimate of drug-likeness (QED) is 0.736. The first-order valence-corrected chi connectivity index (χ1v) is 8.32. The zero-order valence-electron chi connectivity index (χ0n) is 13.0. The van der Waals surface area contributed by atoms with E-state index >= 15 is 0 Å². The molecular weight excluding hydrogens is 310 g/mol. The van der Waals surface area contributed by atoms with Gasteiger partial charge in [0.1, 0.15) is 18.7 Å². The Balaban J connectivity index is 1.60. The number of fused-ring (bicyclic) bond motifs is 2. The van der Waals surface area contributed by atoms with E-state index in [4.69, 9.17) is 4.74 Å². The fraction of sp³-hybridized carbons (Fsp3) is 0.312. The summed E-state index contributed by atoms with van der Waals surface area (Å²) in [4.78, 5) is 16.4. The fourth-order valence-electron chi connectivity index (χ4n) is 2.70. The van der Waals surface area contributed by atoms with Gasteiger partial charge in [-0.1, -0.05) is 12.1 Å². The maximum absolute atomic E-state index is 5.86. The van der Waals surface area contributed by atoms with Gasteiger partial charge in [0.05, 0.1) is 11.6 Å². The Morgan fingerprint density at radius 2 is 2.13 bits per heavy atom. The summed E-state index contributed by atoms with van der Waals surface area (Å²) in [6.07, 6.45) is 3.43. The van der Waals surface area contributed by atoms with Gasteiger partial charge in [-0.05, 0) is 12.1 Å². The molecule has 3 aliphatic rings. The second-order valence-corrected chi connectivity index (χ2v) is 7.00. The average molecular weight is 327 g/mol. The molecule has 0 amide bonds. The third-order valence-corrected chi connectivity index (χ3v) is 4.98.